The van der Waals surface area contributed by atoms with Crippen LogP contribution in [0, 0.1) is 5.82 Å². The Labute approximate surface area is 105 Å². The maximum atomic E-state index is 13.3. The van der Waals surface area contributed by atoms with E-state index in [2.05, 4.69) is 17.1 Å². The van der Waals surface area contributed by atoms with Gasteiger partial charge in [-0.1, -0.05) is 13.3 Å². The van der Waals surface area contributed by atoms with Gasteiger partial charge in [0.2, 0.25) is 5.96 Å². The number of guanidine groups is 1. The molecule has 0 fully saturated rings. The molecule has 0 saturated heterocycles. The summed E-state index contributed by atoms with van der Waals surface area (Å²) in [6.07, 6.45) is 3.30. The van der Waals surface area contributed by atoms with E-state index in [-0.39, 0.29) is 5.96 Å². The van der Waals surface area contributed by atoms with Crippen molar-refractivity contribution in [2.24, 2.45) is 21.7 Å². The molecule has 0 saturated carbocycles. The number of halogens is 1. The van der Waals surface area contributed by atoms with Gasteiger partial charge in [0.25, 0.3) is 0 Å². The highest BCUT2D eigenvalue weighted by atomic mass is 19.1. The van der Waals surface area contributed by atoms with Gasteiger partial charge >= 0.3 is 0 Å². The van der Waals surface area contributed by atoms with Gasteiger partial charge in [-0.2, -0.15) is 5.10 Å². The Morgan fingerprint density at radius 3 is 2.83 bits per heavy atom. The quantitative estimate of drug-likeness (QED) is 0.349. The fourth-order valence-electron chi connectivity index (χ4n) is 1.24. The molecule has 18 heavy (non-hydrogen) atoms. The van der Waals surface area contributed by atoms with E-state index in [9.17, 15) is 4.39 Å². The molecule has 0 aliphatic rings. The topological polar surface area (TPSA) is 86.0 Å². The molecule has 1 aromatic carbocycles. The van der Waals surface area contributed by atoms with E-state index in [1.807, 2.05) is 0 Å². The Kier molecular flexibility index (Phi) is 5.63. The molecule has 98 valence electrons. The summed E-state index contributed by atoms with van der Waals surface area (Å²) in [6.45, 7) is 2.62. The van der Waals surface area contributed by atoms with Crippen LogP contribution in [0.15, 0.2) is 28.4 Å². The molecule has 6 heteroatoms. The highest BCUT2D eigenvalue weighted by Gasteiger charge is 2.00. The van der Waals surface area contributed by atoms with E-state index in [0.717, 1.165) is 12.8 Å². The second kappa shape index (κ2) is 7.26. The van der Waals surface area contributed by atoms with Crippen LogP contribution < -0.4 is 16.2 Å². The highest BCUT2D eigenvalue weighted by Crippen LogP contribution is 2.15. The van der Waals surface area contributed by atoms with Gasteiger partial charge < -0.3 is 16.2 Å². The van der Waals surface area contributed by atoms with Gasteiger partial charge in [0.05, 0.1) is 12.8 Å². The van der Waals surface area contributed by atoms with Gasteiger partial charge in [-0.3, -0.25) is 0 Å². The van der Waals surface area contributed by atoms with E-state index < -0.39 is 5.82 Å². The molecular formula is C12H17FN4O. The zero-order valence-electron chi connectivity index (χ0n) is 10.3. The van der Waals surface area contributed by atoms with Crippen LogP contribution in [-0.4, -0.2) is 18.8 Å². The normalized spacial score (nSPS) is 10.6. The Morgan fingerprint density at radius 2 is 2.17 bits per heavy atom. The van der Waals surface area contributed by atoms with Crippen molar-refractivity contribution in [2.45, 2.75) is 19.8 Å². The van der Waals surface area contributed by atoms with E-state index >= 15 is 0 Å². The molecule has 0 radical (unpaired) electrons. The Balaban J connectivity index is 2.74. The maximum Gasteiger partial charge on any atom is 0.211 e. The average molecular weight is 252 g/mol. The number of ether oxygens (including phenoxy) is 1. The van der Waals surface area contributed by atoms with Gasteiger partial charge in [0.1, 0.15) is 11.6 Å². The maximum absolute atomic E-state index is 13.3. The molecule has 0 heterocycles. The fraction of sp³-hybridized carbons (Fsp3) is 0.333. The van der Waals surface area contributed by atoms with Crippen LogP contribution in [0.5, 0.6) is 5.75 Å². The number of nitrogens with two attached hydrogens (primary N) is 2. The molecule has 1 aromatic rings. The average Bonchev–Trinajstić information content (AvgIpc) is 2.28. The second-order valence-corrected chi connectivity index (χ2v) is 3.69. The molecule has 0 aromatic heterocycles. The molecular weight excluding hydrogens is 235 g/mol. The van der Waals surface area contributed by atoms with Crippen LogP contribution >= 0.6 is 0 Å². The largest absolute Gasteiger partial charge is 0.493 e. The van der Waals surface area contributed by atoms with E-state index in [1.165, 1.54) is 18.3 Å². The van der Waals surface area contributed by atoms with E-state index in [4.69, 9.17) is 16.2 Å². The van der Waals surface area contributed by atoms with Crippen molar-refractivity contribution in [1.82, 2.24) is 0 Å². The smallest absolute Gasteiger partial charge is 0.211 e. The van der Waals surface area contributed by atoms with E-state index in [1.54, 1.807) is 6.07 Å². The number of rotatable bonds is 6. The minimum atomic E-state index is -0.393. The number of nitrogens with zero attached hydrogens (tertiary/aromatic N) is 2. The molecule has 5 nitrogen and oxygen atoms in total. The van der Waals surface area contributed by atoms with Gasteiger partial charge in [0.15, 0.2) is 0 Å². The molecule has 0 aliphatic heterocycles. The molecule has 0 aliphatic carbocycles. The first-order chi connectivity index (χ1) is 8.61. The molecule has 0 spiro atoms. The van der Waals surface area contributed by atoms with E-state index in [0.29, 0.717) is 17.9 Å². The lowest BCUT2D eigenvalue weighted by molar-refractivity contribution is 0.308. The number of unbranched alkanes of at least 4 members (excludes halogenated alkanes) is 1. The van der Waals surface area contributed by atoms with Crippen LogP contribution in [0.1, 0.15) is 25.3 Å². The van der Waals surface area contributed by atoms with Crippen LogP contribution in [0.25, 0.3) is 0 Å². The lowest BCUT2D eigenvalue weighted by Crippen LogP contribution is -2.21. The third-order valence-corrected chi connectivity index (χ3v) is 2.04. The third kappa shape index (κ3) is 5.29. The first-order valence-corrected chi connectivity index (χ1v) is 5.67. The van der Waals surface area contributed by atoms with Crippen LogP contribution in [0.2, 0.25) is 0 Å². The summed E-state index contributed by atoms with van der Waals surface area (Å²) in [5.74, 6) is -0.0770. The van der Waals surface area contributed by atoms with Crippen molar-refractivity contribution >= 4 is 12.2 Å². The summed E-state index contributed by atoms with van der Waals surface area (Å²) in [4.78, 5) is 0. The van der Waals surface area contributed by atoms with Gasteiger partial charge in [-0.15, -0.1) is 5.10 Å². The van der Waals surface area contributed by atoms with Gasteiger partial charge in [-0.25, -0.2) is 4.39 Å². The first kappa shape index (κ1) is 14.0. The predicted molar refractivity (Wildman–Crippen MR) is 70.2 cm³/mol. The summed E-state index contributed by atoms with van der Waals surface area (Å²) in [6, 6.07) is 4.32. The van der Waals surface area contributed by atoms with Crippen molar-refractivity contribution in [3.8, 4) is 5.75 Å². The van der Waals surface area contributed by atoms with Gasteiger partial charge in [0, 0.05) is 11.6 Å². The van der Waals surface area contributed by atoms with Crippen molar-refractivity contribution in [3.05, 3.63) is 29.6 Å². The van der Waals surface area contributed by atoms with Crippen molar-refractivity contribution in [1.29, 1.82) is 0 Å². The van der Waals surface area contributed by atoms with Crippen LogP contribution in [0.3, 0.4) is 0 Å². The molecule has 0 unspecified atom stereocenters. The zero-order chi connectivity index (χ0) is 13.4. The molecule has 0 bridgehead atoms. The van der Waals surface area contributed by atoms with Crippen molar-refractivity contribution < 1.29 is 9.13 Å². The lowest BCUT2D eigenvalue weighted by atomic mass is 10.2. The van der Waals surface area contributed by atoms with Crippen LogP contribution in [0.4, 0.5) is 4.39 Å². The highest BCUT2D eigenvalue weighted by molar-refractivity contribution is 5.82. The minimum Gasteiger partial charge on any atom is -0.493 e. The molecule has 4 N–H and O–H groups in total. The number of hydrogen-bond acceptors (Lipinski definition) is 3. The summed E-state index contributed by atoms with van der Waals surface area (Å²) >= 11 is 0. The molecule has 0 atom stereocenters. The summed E-state index contributed by atoms with van der Waals surface area (Å²) in [5, 5.41) is 7.04. The van der Waals surface area contributed by atoms with Crippen molar-refractivity contribution in [2.75, 3.05) is 6.61 Å². The Hall–Kier alpha value is -2.11. The Morgan fingerprint density at radius 1 is 1.39 bits per heavy atom. The van der Waals surface area contributed by atoms with Crippen LogP contribution in [-0.2, 0) is 0 Å². The lowest BCUT2D eigenvalue weighted by Gasteiger charge is -2.06. The summed E-state index contributed by atoms with van der Waals surface area (Å²) in [7, 11) is 0. The number of hydrogen-bond donors (Lipinski definition) is 2. The fourth-order valence-corrected chi connectivity index (χ4v) is 1.24. The SMILES string of the molecule is CCCCOc1cc(F)cc(C=NN=C(N)N)c1. The standard InChI is InChI=1S/C12H17FN4O/c1-2-3-4-18-11-6-9(5-10(13)7-11)8-16-17-12(14)15/h5-8H,2-4H2,1H3,(H4,14,15,17). The number of benzene rings is 1. The first-order valence-electron chi connectivity index (χ1n) is 5.67. The Bertz CT molecular complexity index is 442. The monoisotopic (exact) mass is 252 g/mol. The molecule has 0 amide bonds. The summed E-state index contributed by atoms with van der Waals surface area (Å²) < 4.78 is 18.7. The predicted octanol–water partition coefficient (Wildman–Crippen LogP) is 1.61. The molecule has 1 rings (SSSR count). The zero-order valence-corrected chi connectivity index (χ0v) is 10.3. The van der Waals surface area contributed by atoms with Crippen molar-refractivity contribution in [3.63, 3.8) is 0 Å². The summed E-state index contributed by atoms with van der Waals surface area (Å²) in [5.41, 5.74) is 10.8. The third-order valence-electron chi connectivity index (χ3n) is 2.04. The minimum absolute atomic E-state index is 0.151. The second-order valence-electron chi connectivity index (χ2n) is 3.69. The van der Waals surface area contributed by atoms with Gasteiger partial charge in [-0.05, 0) is 18.6 Å².